The first-order valence-corrected chi connectivity index (χ1v) is 16.8. The van der Waals surface area contributed by atoms with Gasteiger partial charge in [0.05, 0.1) is 19.0 Å². The van der Waals surface area contributed by atoms with Crippen LogP contribution in [0, 0.1) is 11.8 Å². The Morgan fingerprint density at radius 3 is 2.30 bits per heavy atom. The molecule has 0 aromatic heterocycles. The standard InChI is InChI=1S/C28H44ClN5O5S/c1-40(37,38)33-25(7-4-20-8-12-30-13-9-20)28(36)34-18-24(39-19-22-2-5-23(29)6-3-22)16-26(34)27(35)32-17-21-10-14-31-15-11-21/h2-3,5-6,20-21,24-26,30-31,33H,4,7-19H2,1H3,(H,32,35)/t24-,25-,26-/m1/s1. The van der Waals surface area contributed by atoms with Crippen molar-refractivity contribution in [3.05, 3.63) is 34.9 Å². The molecule has 0 saturated carbocycles. The van der Waals surface area contributed by atoms with E-state index >= 15 is 0 Å². The van der Waals surface area contributed by atoms with Gasteiger partial charge in [-0.05, 0) is 94.2 Å². The molecule has 0 aliphatic carbocycles. The van der Waals surface area contributed by atoms with Crippen LogP contribution >= 0.6 is 11.6 Å². The second-order valence-corrected chi connectivity index (χ2v) is 13.7. The quantitative estimate of drug-likeness (QED) is 0.288. The topological polar surface area (TPSA) is 129 Å². The van der Waals surface area contributed by atoms with Gasteiger partial charge in [0.25, 0.3) is 0 Å². The van der Waals surface area contributed by atoms with Crippen LogP contribution in [0.25, 0.3) is 0 Å². The highest BCUT2D eigenvalue weighted by atomic mass is 35.5. The molecule has 12 heteroatoms. The van der Waals surface area contributed by atoms with E-state index in [1.165, 1.54) is 4.90 Å². The molecule has 1 aromatic carbocycles. The Kier molecular flexibility index (Phi) is 11.6. The summed E-state index contributed by atoms with van der Waals surface area (Å²) in [6, 6.07) is 5.73. The molecular weight excluding hydrogens is 554 g/mol. The van der Waals surface area contributed by atoms with Crippen molar-refractivity contribution in [1.29, 1.82) is 0 Å². The number of halogens is 1. The molecule has 3 aliphatic heterocycles. The molecular formula is C28H44ClN5O5S. The average molecular weight is 598 g/mol. The minimum absolute atomic E-state index is 0.207. The second-order valence-electron chi connectivity index (χ2n) is 11.5. The predicted molar refractivity (Wildman–Crippen MR) is 155 cm³/mol. The maximum absolute atomic E-state index is 13.9. The lowest BCUT2D eigenvalue weighted by atomic mass is 9.91. The highest BCUT2D eigenvalue weighted by molar-refractivity contribution is 7.88. The molecule has 0 radical (unpaired) electrons. The van der Waals surface area contributed by atoms with Gasteiger partial charge in [-0.1, -0.05) is 23.7 Å². The molecule has 10 nitrogen and oxygen atoms in total. The van der Waals surface area contributed by atoms with Crippen LogP contribution in [-0.2, 0) is 31.0 Å². The number of rotatable bonds is 12. The van der Waals surface area contributed by atoms with Crippen molar-refractivity contribution in [2.75, 3.05) is 45.5 Å². The van der Waals surface area contributed by atoms with E-state index in [9.17, 15) is 18.0 Å². The molecule has 3 fully saturated rings. The van der Waals surface area contributed by atoms with Gasteiger partial charge in [0.15, 0.2) is 0 Å². The van der Waals surface area contributed by atoms with Gasteiger partial charge in [0.2, 0.25) is 21.8 Å². The van der Waals surface area contributed by atoms with Crippen molar-refractivity contribution >= 4 is 33.4 Å². The molecule has 0 unspecified atom stereocenters. The SMILES string of the molecule is CS(=O)(=O)N[C@H](CCC1CCNCC1)C(=O)N1C[C@H](OCc2ccc(Cl)cc2)C[C@@H]1C(=O)NCC1CCNCC1. The highest BCUT2D eigenvalue weighted by Crippen LogP contribution is 2.26. The summed E-state index contributed by atoms with van der Waals surface area (Å²) in [5.41, 5.74) is 0.944. The van der Waals surface area contributed by atoms with E-state index < -0.39 is 22.1 Å². The zero-order valence-corrected chi connectivity index (χ0v) is 24.9. The number of amides is 2. The van der Waals surface area contributed by atoms with Crippen LogP contribution < -0.4 is 20.7 Å². The van der Waals surface area contributed by atoms with Gasteiger partial charge in [-0.15, -0.1) is 0 Å². The number of piperidine rings is 2. The molecule has 2 amide bonds. The summed E-state index contributed by atoms with van der Waals surface area (Å²) in [5.74, 6) is 0.272. The van der Waals surface area contributed by atoms with Crippen molar-refractivity contribution < 1.29 is 22.7 Å². The Hall–Kier alpha value is -1.76. The molecule has 224 valence electrons. The summed E-state index contributed by atoms with van der Waals surface area (Å²) in [5, 5.41) is 10.4. The summed E-state index contributed by atoms with van der Waals surface area (Å²) < 4.78 is 33.2. The molecule has 3 saturated heterocycles. The van der Waals surface area contributed by atoms with E-state index in [1.54, 1.807) is 12.1 Å². The summed E-state index contributed by atoms with van der Waals surface area (Å²) >= 11 is 6.00. The van der Waals surface area contributed by atoms with E-state index in [-0.39, 0.29) is 24.5 Å². The van der Waals surface area contributed by atoms with E-state index in [1.807, 2.05) is 12.1 Å². The third-order valence-electron chi connectivity index (χ3n) is 8.25. The monoisotopic (exact) mass is 597 g/mol. The van der Waals surface area contributed by atoms with Gasteiger partial charge in [-0.3, -0.25) is 9.59 Å². The van der Waals surface area contributed by atoms with Gasteiger partial charge in [0.1, 0.15) is 12.1 Å². The number of nitrogens with one attached hydrogen (secondary N) is 4. The van der Waals surface area contributed by atoms with Crippen molar-refractivity contribution in [2.24, 2.45) is 11.8 Å². The summed E-state index contributed by atoms with van der Waals surface area (Å²) in [7, 11) is -3.63. The smallest absolute Gasteiger partial charge is 0.242 e. The number of benzene rings is 1. The lowest BCUT2D eigenvalue weighted by Crippen LogP contribution is -2.54. The number of sulfonamides is 1. The normalized spacial score (nSPS) is 23.7. The van der Waals surface area contributed by atoms with Crippen LogP contribution in [0.2, 0.25) is 5.02 Å². The fourth-order valence-corrected chi connectivity index (χ4v) is 6.78. The minimum atomic E-state index is -3.63. The van der Waals surface area contributed by atoms with Gasteiger partial charge in [-0.2, -0.15) is 0 Å². The van der Waals surface area contributed by atoms with Crippen LogP contribution in [0.5, 0.6) is 0 Å². The van der Waals surface area contributed by atoms with Gasteiger partial charge in [0, 0.05) is 24.5 Å². The first kappa shape index (κ1) is 31.2. The van der Waals surface area contributed by atoms with Crippen LogP contribution in [-0.4, -0.2) is 88.8 Å². The molecule has 3 aliphatic rings. The van der Waals surface area contributed by atoms with Crippen molar-refractivity contribution in [3.8, 4) is 0 Å². The Bertz CT molecular complexity index is 1080. The van der Waals surface area contributed by atoms with Crippen molar-refractivity contribution in [2.45, 2.75) is 69.7 Å². The third kappa shape index (κ3) is 9.66. The Balaban J connectivity index is 1.45. The Morgan fingerprint density at radius 1 is 1.05 bits per heavy atom. The number of nitrogens with zero attached hydrogens (tertiary/aromatic N) is 1. The molecule has 0 spiro atoms. The number of carbonyl (C=O) groups is 2. The highest BCUT2D eigenvalue weighted by Gasteiger charge is 2.43. The predicted octanol–water partition coefficient (Wildman–Crippen LogP) is 1.64. The lowest BCUT2D eigenvalue weighted by Gasteiger charge is -2.30. The van der Waals surface area contributed by atoms with E-state index in [2.05, 4.69) is 20.7 Å². The lowest BCUT2D eigenvalue weighted by molar-refractivity contribution is -0.140. The Labute approximate surface area is 243 Å². The zero-order chi connectivity index (χ0) is 28.5. The maximum Gasteiger partial charge on any atom is 0.242 e. The van der Waals surface area contributed by atoms with Crippen LogP contribution in [0.15, 0.2) is 24.3 Å². The van der Waals surface area contributed by atoms with Gasteiger partial charge >= 0.3 is 0 Å². The second kappa shape index (κ2) is 14.9. The maximum atomic E-state index is 13.9. The molecule has 1 aromatic rings. The molecule has 0 bridgehead atoms. The fourth-order valence-electron chi connectivity index (χ4n) is 5.92. The molecule has 4 N–H and O–H groups in total. The fraction of sp³-hybridized carbons (Fsp3) is 0.714. The molecule has 4 rings (SSSR count). The molecule has 3 heterocycles. The first-order valence-electron chi connectivity index (χ1n) is 14.5. The largest absolute Gasteiger partial charge is 0.372 e. The summed E-state index contributed by atoms with van der Waals surface area (Å²) in [6.45, 7) is 4.86. The van der Waals surface area contributed by atoms with E-state index in [0.29, 0.717) is 42.9 Å². The van der Waals surface area contributed by atoms with Crippen molar-refractivity contribution in [1.82, 2.24) is 25.6 Å². The number of hydrogen-bond donors (Lipinski definition) is 4. The van der Waals surface area contributed by atoms with Crippen molar-refractivity contribution in [3.63, 3.8) is 0 Å². The third-order valence-corrected chi connectivity index (χ3v) is 9.21. The number of carbonyl (C=O) groups excluding carboxylic acids is 2. The average Bonchev–Trinajstić information content (AvgIpc) is 3.38. The number of hydrogen-bond acceptors (Lipinski definition) is 7. The molecule has 40 heavy (non-hydrogen) atoms. The Morgan fingerprint density at radius 2 is 1.68 bits per heavy atom. The van der Waals surface area contributed by atoms with Gasteiger partial charge in [-0.25, -0.2) is 13.1 Å². The first-order chi connectivity index (χ1) is 19.2. The number of likely N-dealkylation sites (tertiary alicyclic amines) is 1. The zero-order valence-electron chi connectivity index (χ0n) is 23.4. The van der Waals surface area contributed by atoms with Gasteiger partial charge < -0.3 is 25.6 Å². The number of ether oxygens (including phenoxy) is 1. The minimum Gasteiger partial charge on any atom is -0.372 e. The van der Waals surface area contributed by atoms with Crippen LogP contribution in [0.4, 0.5) is 0 Å². The summed E-state index contributed by atoms with van der Waals surface area (Å²) in [6.07, 6.45) is 6.23. The summed E-state index contributed by atoms with van der Waals surface area (Å²) in [4.78, 5) is 28.9. The molecule has 3 atom stereocenters. The van der Waals surface area contributed by atoms with Crippen LogP contribution in [0.1, 0.15) is 50.5 Å². The van der Waals surface area contributed by atoms with E-state index in [4.69, 9.17) is 16.3 Å². The van der Waals surface area contributed by atoms with E-state index in [0.717, 1.165) is 70.1 Å². The van der Waals surface area contributed by atoms with Crippen LogP contribution in [0.3, 0.4) is 0 Å².